The molecule has 5 nitrogen and oxygen atoms in total. The van der Waals surface area contributed by atoms with E-state index in [-0.39, 0.29) is 18.6 Å². The van der Waals surface area contributed by atoms with E-state index in [1.807, 2.05) is 38.1 Å². The largest absolute Gasteiger partial charge is 0.491 e. The third-order valence-corrected chi connectivity index (χ3v) is 2.26. The summed E-state index contributed by atoms with van der Waals surface area (Å²) < 4.78 is 10.4. The predicted octanol–water partition coefficient (Wildman–Crippen LogP) is 1.65. The Morgan fingerprint density at radius 2 is 2.16 bits per heavy atom. The van der Waals surface area contributed by atoms with E-state index in [1.165, 1.54) is 0 Å². The number of hydrogen-bond acceptors (Lipinski definition) is 4. The van der Waals surface area contributed by atoms with Crippen molar-refractivity contribution in [2.24, 2.45) is 0 Å². The van der Waals surface area contributed by atoms with Crippen LogP contribution in [0.4, 0.5) is 5.69 Å². The summed E-state index contributed by atoms with van der Waals surface area (Å²) in [6, 6.07) is 7.37. The van der Waals surface area contributed by atoms with Crippen molar-refractivity contribution in [3.63, 3.8) is 0 Å². The molecule has 1 rings (SSSR count). The number of rotatable bonds is 8. The van der Waals surface area contributed by atoms with Gasteiger partial charge in [-0.2, -0.15) is 0 Å². The fourth-order valence-corrected chi connectivity index (χ4v) is 1.50. The average Bonchev–Trinajstić information content (AvgIpc) is 2.34. The molecule has 0 fully saturated rings. The molecule has 5 heteroatoms. The predicted molar refractivity (Wildman–Crippen MR) is 75.6 cm³/mol. The maximum atomic E-state index is 11.7. The Morgan fingerprint density at radius 1 is 1.37 bits per heavy atom. The quantitative estimate of drug-likeness (QED) is 0.702. The normalized spacial score (nSPS) is 10.5. The van der Waals surface area contributed by atoms with Crippen LogP contribution in [0.25, 0.3) is 0 Å². The molecule has 0 bridgehead atoms. The van der Waals surface area contributed by atoms with Crippen molar-refractivity contribution in [1.82, 2.24) is 5.32 Å². The smallest absolute Gasteiger partial charge is 0.238 e. The Hall–Kier alpha value is -1.59. The first-order valence-corrected chi connectivity index (χ1v) is 6.38. The van der Waals surface area contributed by atoms with Crippen LogP contribution < -0.4 is 15.4 Å². The molecule has 0 atom stereocenters. The molecule has 0 heterocycles. The van der Waals surface area contributed by atoms with Gasteiger partial charge in [0.2, 0.25) is 5.91 Å². The number of hydrogen-bond donors (Lipinski definition) is 2. The number of carbonyl (C=O) groups excluding carboxylic acids is 1. The van der Waals surface area contributed by atoms with Crippen LogP contribution in [-0.2, 0) is 9.53 Å². The van der Waals surface area contributed by atoms with Crippen molar-refractivity contribution < 1.29 is 14.3 Å². The first-order valence-electron chi connectivity index (χ1n) is 6.38. The molecular weight excluding hydrogens is 244 g/mol. The molecule has 0 aliphatic rings. The van der Waals surface area contributed by atoms with E-state index < -0.39 is 0 Å². The third-order valence-electron chi connectivity index (χ3n) is 2.26. The summed E-state index contributed by atoms with van der Waals surface area (Å²) in [6.07, 6.45) is 0.113. The second-order valence-electron chi connectivity index (χ2n) is 4.41. The summed E-state index contributed by atoms with van der Waals surface area (Å²) in [7, 11) is 1.63. The third kappa shape index (κ3) is 6.79. The van der Waals surface area contributed by atoms with Crippen LogP contribution in [-0.4, -0.2) is 38.8 Å². The van der Waals surface area contributed by atoms with Crippen LogP contribution in [0.1, 0.15) is 13.8 Å². The molecule has 106 valence electrons. The molecule has 2 N–H and O–H groups in total. The van der Waals surface area contributed by atoms with Crippen molar-refractivity contribution in [1.29, 1.82) is 0 Å². The fraction of sp³-hybridized carbons (Fsp3) is 0.500. The number of anilines is 1. The maximum Gasteiger partial charge on any atom is 0.238 e. The van der Waals surface area contributed by atoms with E-state index in [0.717, 1.165) is 11.4 Å². The minimum absolute atomic E-state index is 0.0854. The van der Waals surface area contributed by atoms with Crippen LogP contribution >= 0.6 is 0 Å². The van der Waals surface area contributed by atoms with Crippen molar-refractivity contribution >= 4 is 11.6 Å². The lowest BCUT2D eigenvalue weighted by atomic mass is 10.3. The molecular formula is C14H22N2O3. The Bertz CT molecular complexity index is 394. The van der Waals surface area contributed by atoms with Crippen molar-refractivity contribution in [2.45, 2.75) is 20.0 Å². The molecule has 0 aliphatic heterocycles. The van der Waals surface area contributed by atoms with Crippen LogP contribution in [0.5, 0.6) is 5.75 Å². The van der Waals surface area contributed by atoms with E-state index in [9.17, 15) is 4.79 Å². The van der Waals surface area contributed by atoms with Gasteiger partial charge in [0, 0.05) is 25.4 Å². The molecule has 0 unspecified atom stereocenters. The lowest BCUT2D eigenvalue weighted by Crippen LogP contribution is -2.30. The van der Waals surface area contributed by atoms with E-state index in [2.05, 4.69) is 10.6 Å². The Kier molecular flexibility index (Phi) is 6.92. The van der Waals surface area contributed by atoms with Crippen molar-refractivity contribution in [3.8, 4) is 5.75 Å². The SMILES string of the molecule is COCCNCC(=O)Nc1cccc(OC(C)C)c1. The average molecular weight is 266 g/mol. The molecule has 0 radical (unpaired) electrons. The van der Waals surface area contributed by atoms with Crippen LogP contribution in [0.3, 0.4) is 0 Å². The highest BCUT2D eigenvalue weighted by Crippen LogP contribution is 2.18. The second kappa shape index (κ2) is 8.50. The lowest BCUT2D eigenvalue weighted by molar-refractivity contribution is -0.115. The Balaban J connectivity index is 2.41. The monoisotopic (exact) mass is 266 g/mol. The van der Waals surface area contributed by atoms with Crippen LogP contribution in [0.2, 0.25) is 0 Å². The van der Waals surface area contributed by atoms with Gasteiger partial charge in [-0.3, -0.25) is 4.79 Å². The number of amides is 1. The molecule has 19 heavy (non-hydrogen) atoms. The number of ether oxygens (including phenoxy) is 2. The zero-order valence-corrected chi connectivity index (χ0v) is 11.7. The van der Waals surface area contributed by atoms with Crippen LogP contribution in [0.15, 0.2) is 24.3 Å². The summed E-state index contributed by atoms with van der Waals surface area (Å²) in [5.41, 5.74) is 0.733. The van der Waals surface area contributed by atoms with Gasteiger partial charge in [0.15, 0.2) is 0 Å². The van der Waals surface area contributed by atoms with Crippen molar-refractivity contribution in [2.75, 3.05) is 32.1 Å². The molecule has 0 saturated heterocycles. The molecule has 0 saturated carbocycles. The highest BCUT2D eigenvalue weighted by molar-refractivity contribution is 5.92. The number of benzene rings is 1. The second-order valence-corrected chi connectivity index (χ2v) is 4.41. The number of carbonyl (C=O) groups is 1. The van der Waals surface area contributed by atoms with Gasteiger partial charge in [0.25, 0.3) is 0 Å². The Morgan fingerprint density at radius 3 is 2.84 bits per heavy atom. The summed E-state index contributed by atoms with van der Waals surface area (Å²) in [6.45, 7) is 5.43. The molecule has 1 aromatic carbocycles. The van der Waals surface area contributed by atoms with Gasteiger partial charge in [-0.05, 0) is 26.0 Å². The van der Waals surface area contributed by atoms with Gasteiger partial charge in [-0.25, -0.2) is 0 Å². The topological polar surface area (TPSA) is 59.6 Å². The molecule has 0 aromatic heterocycles. The van der Waals surface area contributed by atoms with Gasteiger partial charge in [0.05, 0.1) is 19.3 Å². The molecule has 1 amide bonds. The maximum absolute atomic E-state index is 11.7. The molecule has 0 aliphatic carbocycles. The van der Waals surface area contributed by atoms with Gasteiger partial charge in [0.1, 0.15) is 5.75 Å². The summed E-state index contributed by atoms with van der Waals surface area (Å²) >= 11 is 0. The number of nitrogens with one attached hydrogen (secondary N) is 2. The zero-order chi connectivity index (χ0) is 14.1. The van der Waals surface area contributed by atoms with Gasteiger partial charge in [-0.15, -0.1) is 0 Å². The standard InChI is InChI=1S/C14H22N2O3/c1-11(2)19-13-6-4-5-12(9-13)16-14(17)10-15-7-8-18-3/h4-6,9,11,15H,7-8,10H2,1-3H3,(H,16,17). The minimum atomic E-state index is -0.0854. The summed E-state index contributed by atoms with van der Waals surface area (Å²) in [4.78, 5) is 11.7. The Labute approximate surface area is 114 Å². The zero-order valence-electron chi connectivity index (χ0n) is 11.7. The highest BCUT2D eigenvalue weighted by Gasteiger charge is 2.03. The molecule has 1 aromatic rings. The minimum Gasteiger partial charge on any atom is -0.491 e. The lowest BCUT2D eigenvalue weighted by Gasteiger charge is -2.11. The van der Waals surface area contributed by atoms with Gasteiger partial charge < -0.3 is 20.1 Å². The first-order chi connectivity index (χ1) is 9.11. The van der Waals surface area contributed by atoms with E-state index in [4.69, 9.17) is 9.47 Å². The van der Waals surface area contributed by atoms with Gasteiger partial charge in [-0.1, -0.05) is 6.07 Å². The van der Waals surface area contributed by atoms with Gasteiger partial charge >= 0.3 is 0 Å². The molecule has 0 spiro atoms. The van der Waals surface area contributed by atoms with Crippen LogP contribution in [0, 0.1) is 0 Å². The number of methoxy groups -OCH3 is 1. The van der Waals surface area contributed by atoms with Crippen molar-refractivity contribution in [3.05, 3.63) is 24.3 Å². The summed E-state index contributed by atoms with van der Waals surface area (Å²) in [5, 5.41) is 5.80. The first kappa shape index (κ1) is 15.5. The fourth-order valence-electron chi connectivity index (χ4n) is 1.50. The van der Waals surface area contributed by atoms with E-state index in [1.54, 1.807) is 7.11 Å². The highest BCUT2D eigenvalue weighted by atomic mass is 16.5. The van der Waals surface area contributed by atoms with E-state index >= 15 is 0 Å². The van der Waals surface area contributed by atoms with E-state index in [0.29, 0.717) is 13.2 Å². The summed E-state index contributed by atoms with van der Waals surface area (Å²) in [5.74, 6) is 0.665.